The molecule has 5 nitrogen and oxygen atoms in total. The van der Waals surface area contributed by atoms with E-state index in [1.54, 1.807) is 0 Å². The molecule has 0 amide bonds. The number of ether oxygens (including phenoxy) is 1. The Kier molecular flexibility index (Phi) is 6.26. The van der Waals surface area contributed by atoms with Crippen LogP contribution < -0.4 is 15.4 Å². The molecular formula is C18H24N2O3. The maximum absolute atomic E-state index is 9.27. The summed E-state index contributed by atoms with van der Waals surface area (Å²) in [6.07, 6.45) is 0. The molecule has 2 aromatic carbocycles. The standard InChI is InChI=1S/C18H24N2O3/c1-2-23-16-6-3-14(4-7-16)17-13-15(19)5-8-18(17)20(9-11-21)10-12-22/h3-8,13,21-22H,2,9-12,19H2,1H3. The van der Waals surface area contributed by atoms with Gasteiger partial charge in [0.25, 0.3) is 0 Å². The normalized spacial score (nSPS) is 10.6. The fourth-order valence-electron chi connectivity index (χ4n) is 2.55. The lowest BCUT2D eigenvalue weighted by Gasteiger charge is -2.26. The molecule has 5 heteroatoms. The predicted molar refractivity (Wildman–Crippen MR) is 93.8 cm³/mol. The van der Waals surface area contributed by atoms with Crippen LogP contribution in [0.4, 0.5) is 11.4 Å². The summed E-state index contributed by atoms with van der Waals surface area (Å²) in [6, 6.07) is 13.5. The molecule has 0 heterocycles. The minimum absolute atomic E-state index is 0.0209. The first kappa shape index (κ1) is 17.1. The average molecular weight is 316 g/mol. The molecular weight excluding hydrogens is 292 g/mol. The van der Waals surface area contributed by atoms with Crippen molar-refractivity contribution in [2.24, 2.45) is 0 Å². The van der Waals surface area contributed by atoms with Gasteiger partial charge in [-0.05, 0) is 42.8 Å². The fourth-order valence-corrected chi connectivity index (χ4v) is 2.55. The minimum Gasteiger partial charge on any atom is -0.494 e. The second-order valence-corrected chi connectivity index (χ2v) is 5.17. The van der Waals surface area contributed by atoms with Crippen LogP contribution in [0.5, 0.6) is 5.75 Å². The van der Waals surface area contributed by atoms with E-state index in [-0.39, 0.29) is 13.2 Å². The van der Waals surface area contributed by atoms with Crippen molar-refractivity contribution in [3.8, 4) is 16.9 Å². The van der Waals surface area contributed by atoms with Crippen molar-refractivity contribution >= 4 is 11.4 Å². The van der Waals surface area contributed by atoms with Crippen LogP contribution in [-0.4, -0.2) is 43.1 Å². The number of nitrogen functional groups attached to an aromatic ring is 1. The van der Waals surface area contributed by atoms with Gasteiger partial charge in [0.15, 0.2) is 0 Å². The summed E-state index contributed by atoms with van der Waals surface area (Å²) >= 11 is 0. The number of nitrogens with zero attached hydrogens (tertiary/aromatic N) is 1. The van der Waals surface area contributed by atoms with Crippen LogP contribution in [0.25, 0.3) is 11.1 Å². The van der Waals surface area contributed by atoms with E-state index < -0.39 is 0 Å². The first-order chi connectivity index (χ1) is 11.2. The lowest BCUT2D eigenvalue weighted by molar-refractivity contribution is 0.281. The van der Waals surface area contributed by atoms with Gasteiger partial charge in [-0.25, -0.2) is 0 Å². The molecule has 0 aromatic heterocycles. The van der Waals surface area contributed by atoms with Gasteiger partial charge in [-0.15, -0.1) is 0 Å². The van der Waals surface area contributed by atoms with Crippen LogP contribution in [0.3, 0.4) is 0 Å². The predicted octanol–water partition coefficient (Wildman–Crippen LogP) is 2.13. The van der Waals surface area contributed by atoms with E-state index in [2.05, 4.69) is 0 Å². The van der Waals surface area contributed by atoms with Gasteiger partial charge in [0.1, 0.15) is 5.75 Å². The Morgan fingerprint density at radius 1 is 1.00 bits per heavy atom. The minimum atomic E-state index is 0.0209. The molecule has 0 saturated carbocycles. The summed E-state index contributed by atoms with van der Waals surface area (Å²) < 4.78 is 5.47. The second kappa shape index (κ2) is 8.41. The van der Waals surface area contributed by atoms with Crippen LogP contribution in [0.2, 0.25) is 0 Å². The highest BCUT2D eigenvalue weighted by atomic mass is 16.5. The Morgan fingerprint density at radius 3 is 2.22 bits per heavy atom. The van der Waals surface area contributed by atoms with Crippen molar-refractivity contribution in [1.82, 2.24) is 0 Å². The van der Waals surface area contributed by atoms with Crippen molar-refractivity contribution in [2.45, 2.75) is 6.92 Å². The van der Waals surface area contributed by atoms with E-state index in [0.29, 0.717) is 25.4 Å². The summed E-state index contributed by atoms with van der Waals surface area (Å²) in [5.74, 6) is 0.823. The zero-order chi connectivity index (χ0) is 16.7. The van der Waals surface area contributed by atoms with Gasteiger partial charge in [-0.1, -0.05) is 12.1 Å². The summed E-state index contributed by atoms with van der Waals surface area (Å²) in [6.45, 7) is 3.53. The van der Waals surface area contributed by atoms with E-state index in [9.17, 15) is 10.2 Å². The molecule has 0 atom stereocenters. The van der Waals surface area contributed by atoms with Crippen LogP contribution in [-0.2, 0) is 0 Å². The summed E-state index contributed by atoms with van der Waals surface area (Å²) in [5, 5.41) is 18.5. The molecule has 0 spiro atoms. The van der Waals surface area contributed by atoms with Gasteiger partial charge in [0, 0.05) is 30.0 Å². The molecule has 0 aliphatic carbocycles. The number of aliphatic hydroxyl groups is 2. The number of rotatable bonds is 8. The Hall–Kier alpha value is -2.24. The highest BCUT2D eigenvalue weighted by Gasteiger charge is 2.13. The zero-order valence-electron chi connectivity index (χ0n) is 13.4. The third-order valence-corrected chi connectivity index (χ3v) is 3.58. The van der Waals surface area contributed by atoms with E-state index >= 15 is 0 Å². The molecule has 4 N–H and O–H groups in total. The second-order valence-electron chi connectivity index (χ2n) is 5.17. The maximum atomic E-state index is 9.27. The summed E-state index contributed by atoms with van der Waals surface area (Å²) in [5.41, 5.74) is 9.54. The van der Waals surface area contributed by atoms with Gasteiger partial charge >= 0.3 is 0 Å². The first-order valence-electron chi connectivity index (χ1n) is 7.79. The Morgan fingerprint density at radius 2 is 1.65 bits per heavy atom. The molecule has 23 heavy (non-hydrogen) atoms. The molecule has 0 saturated heterocycles. The van der Waals surface area contributed by atoms with E-state index in [4.69, 9.17) is 10.5 Å². The zero-order valence-corrected chi connectivity index (χ0v) is 13.4. The molecule has 124 valence electrons. The van der Waals surface area contributed by atoms with Crippen LogP contribution in [0.1, 0.15) is 6.92 Å². The smallest absolute Gasteiger partial charge is 0.119 e. The molecule has 0 radical (unpaired) electrons. The maximum Gasteiger partial charge on any atom is 0.119 e. The molecule has 0 fully saturated rings. The van der Waals surface area contributed by atoms with Crippen molar-refractivity contribution in [2.75, 3.05) is 43.5 Å². The van der Waals surface area contributed by atoms with Crippen LogP contribution >= 0.6 is 0 Å². The summed E-state index contributed by atoms with van der Waals surface area (Å²) in [7, 11) is 0. The van der Waals surface area contributed by atoms with Gasteiger partial charge in [0.05, 0.1) is 19.8 Å². The quantitative estimate of drug-likeness (QED) is 0.650. The van der Waals surface area contributed by atoms with E-state index in [1.165, 1.54) is 0 Å². The Labute approximate surface area is 136 Å². The van der Waals surface area contributed by atoms with Gasteiger partial charge in [0.2, 0.25) is 0 Å². The number of hydrogen-bond donors (Lipinski definition) is 3. The molecule has 0 aliphatic rings. The third-order valence-electron chi connectivity index (χ3n) is 3.58. The van der Waals surface area contributed by atoms with Crippen molar-refractivity contribution in [3.63, 3.8) is 0 Å². The van der Waals surface area contributed by atoms with Crippen molar-refractivity contribution in [3.05, 3.63) is 42.5 Å². The van der Waals surface area contributed by atoms with E-state index in [0.717, 1.165) is 22.6 Å². The highest BCUT2D eigenvalue weighted by molar-refractivity contribution is 5.81. The number of aliphatic hydroxyl groups excluding tert-OH is 2. The van der Waals surface area contributed by atoms with Crippen molar-refractivity contribution < 1.29 is 14.9 Å². The molecule has 2 aromatic rings. The number of benzene rings is 2. The lowest BCUT2D eigenvalue weighted by atomic mass is 10.0. The SMILES string of the molecule is CCOc1ccc(-c2cc(N)ccc2N(CCO)CCO)cc1. The van der Waals surface area contributed by atoms with Gasteiger partial charge in [-0.2, -0.15) is 0 Å². The number of nitrogens with two attached hydrogens (primary N) is 1. The Balaban J connectivity index is 2.41. The topological polar surface area (TPSA) is 79.0 Å². The molecule has 0 bridgehead atoms. The van der Waals surface area contributed by atoms with Crippen molar-refractivity contribution in [1.29, 1.82) is 0 Å². The number of hydrogen-bond acceptors (Lipinski definition) is 5. The van der Waals surface area contributed by atoms with Gasteiger partial charge < -0.3 is 25.6 Å². The fraction of sp³-hybridized carbons (Fsp3) is 0.333. The van der Waals surface area contributed by atoms with E-state index in [1.807, 2.05) is 54.3 Å². The van der Waals surface area contributed by atoms with Crippen LogP contribution in [0.15, 0.2) is 42.5 Å². The molecule has 0 unspecified atom stereocenters. The molecule has 2 rings (SSSR count). The lowest BCUT2D eigenvalue weighted by Crippen LogP contribution is -2.30. The largest absolute Gasteiger partial charge is 0.494 e. The van der Waals surface area contributed by atoms with Crippen LogP contribution in [0, 0.1) is 0 Å². The average Bonchev–Trinajstić information content (AvgIpc) is 2.56. The first-order valence-corrected chi connectivity index (χ1v) is 7.79. The highest BCUT2D eigenvalue weighted by Crippen LogP contribution is 2.33. The molecule has 0 aliphatic heterocycles. The summed E-state index contributed by atoms with van der Waals surface area (Å²) in [4.78, 5) is 1.95. The van der Waals surface area contributed by atoms with Gasteiger partial charge in [-0.3, -0.25) is 0 Å². The Bertz CT molecular complexity index is 608. The number of anilines is 2. The third kappa shape index (κ3) is 4.37. The monoisotopic (exact) mass is 316 g/mol.